The second-order valence-corrected chi connectivity index (χ2v) is 5.20. The van der Waals surface area contributed by atoms with Gasteiger partial charge in [0.05, 0.1) is 6.54 Å². The van der Waals surface area contributed by atoms with Gasteiger partial charge in [0, 0.05) is 19.0 Å². The van der Waals surface area contributed by atoms with E-state index in [0.717, 1.165) is 44.2 Å². The smallest absolute Gasteiger partial charge is 0.226 e. The third kappa shape index (κ3) is 4.07. The largest absolute Gasteiger partial charge is 0.339 e. The molecular formula is C13H24N4O. The molecule has 0 bridgehead atoms. The molecule has 1 atom stereocenters. The molecule has 102 valence electrons. The Morgan fingerprint density at radius 1 is 1.44 bits per heavy atom. The van der Waals surface area contributed by atoms with Crippen LogP contribution in [0.15, 0.2) is 4.52 Å². The lowest BCUT2D eigenvalue weighted by Gasteiger charge is -2.27. The van der Waals surface area contributed by atoms with Gasteiger partial charge in [0.15, 0.2) is 5.82 Å². The fourth-order valence-corrected chi connectivity index (χ4v) is 2.43. The summed E-state index contributed by atoms with van der Waals surface area (Å²) >= 11 is 0. The summed E-state index contributed by atoms with van der Waals surface area (Å²) in [5.41, 5.74) is 0. The standard InChI is InChI=1S/C13H24N4O/c1-3-6-13-15-12(16-18-13)10-17(2)9-11-7-4-5-8-14-11/h11,14H,3-10H2,1-2H3. The molecule has 2 heterocycles. The van der Waals surface area contributed by atoms with Gasteiger partial charge in [-0.2, -0.15) is 4.98 Å². The van der Waals surface area contributed by atoms with E-state index >= 15 is 0 Å². The molecule has 5 nitrogen and oxygen atoms in total. The quantitative estimate of drug-likeness (QED) is 0.833. The summed E-state index contributed by atoms with van der Waals surface area (Å²) in [5, 5.41) is 7.58. The SMILES string of the molecule is CCCc1nc(CN(C)CC2CCCCN2)no1. The molecule has 1 fully saturated rings. The van der Waals surface area contributed by atoms with Gasteiger partial charge < -0.3 is 9.84 Å². The third-order valence-electron chi connectivity index (χ3n) is 3.33. The van der Waals surface area contributed by atoms with Crippen LogP contribution in [-0.4, -0.2) is 41.2 Å². The van der Waals surface area contributed by atoms with Crippen molar-refractivity contribution in [1.29, 1.82) is 0 Å². The van der Waals surface area contributed by atoms with E-state index in [0.29, 0.717) is 6.04 Å². The van der Waals surface area contributed by atoms with E-state index < -0.39 is 0 Å². The summed E-state index contributed by atoms with van der Waals surface area (Å²) in [4.78, 5) is 6.66. The molecule has 5 heteroatoms. The first-order valence-corrected chi connectivity index (χ1v) is 7.01. The topological polar surface area (TPSA) is 54.2 Å². The molecule has 1 saturated heterocycles. The normalized spacial score (nSPS) is 20.5. The number of nitrogens with zero attached hydrogens (tertiary/aromatic N) is 3. The fourth-order valence-electron chi connectivity index (χ4n) is 2.43. The van der Waals surface area contributed by atoms with Crippen molar-refractivity contribution in [3.63, 3.8) is 0 Å². The van der Waals surface area contributed by atoms with Gasteiger partial charge in [-0.3, -0.25) is 4.90 Å². The van der Waals surface area contributed by atoms with Gasteiger partial charge in [-0.1, -0.05) is 18.5 Å². The van der Waals surface area contributed by atoms with Crippen molar-refractivity contribution < 1.29 is 4.52 Å². The third-order valence-corrected chi connectivity index (χ3v) is 3.33. The van der Waals surface area contributed by atoms with E-state index in [9.17, 15) is 0 Å². The first-order chi connectivity index (χ1) is 8.78. The van der Waals surface area contributed by atoms with Crippen LogP contribution in [0.3, 0.4) is 0 Å². The maximum Gasteiger partial charge on any atom is 0.226 e. The molecule has 0 radical (unpaired) electrons. The lowest BCUT2D eigenvalue weighted by Crippen LogP contribution is -2.42. The predicted molar refractivity (Wildman–Crippen MR) is 70.3 cm³/mol. The zero-order valence-corrected chi connectivity index (χ0v) is 11.5. The molecule has 0 spiro atoms. The van der Waals surface area contributed by atoms with E-state index in [1.54, 1.807) is 0 Å². The Balaban J connectivity index is 1.76. The Morgan fingerprint density at radius 2 is 2.33 bits per heavy atom. The van der Waals surface area contributed by atoms with Crippen LogP contribution >= 0.6 is 0 Å². The summed E-state index contributed by atoms with van der Waals surface area (Å²) in [6, 6.07) is 0.616. The predicted octanol–water partition coefficient (Wildman–Crippen LogP) is 1.60. The van der Waals surface area contributed by atoms with Crippen molar-refractivity contribution >= 4 is 0 Å². The Morgan fingerprint density at radius 3 is 3.06 bits per heavy atom. The average molecular weight is 252 g/mol. The molecule has 1 aliphatic heterocycles. The van der Waals surface area contributed by atoms with Gasteiger partial charge in [0.2, 0.25) is 5.89 Å². The number of hydrogen-bond donors (Lipinski definition) is 1. The molecule has 1 unspecified atom stereocenters. The number of hydrogen-bond acceptors (Lipinski definition) is 5. The van der Waals surface area contributed by atoms with Gasteiger partial charge in [-0.25, -0.2) is 0 Å². The Kier molecular flexibility index (Phi) is 5.13. The van der Waals surface area contributed by atoms with Crippen LogP contribution < -0.4 is 5.32 Å². The number of likely N-dealkylation sites (N-methyl/N-ethyl adjacent to an activating group) is 1. The van der Waals surface area contributed by atoms with Gasteiger partial charge in [0.1, 0.15) is 0 Å². The van der Waals surface area contributed by atoms with Gasteiger partial charge in [-0.05, 0) is 32.9 Å². The van der Waals surface area contributed by atoms with Gasteiger partial charge in [-0.15, -0.1) is 0 Å². The van der Waals surface area contributed by atoms with Crippen LogP contribution in [0, 0.1) is 0 Å². The number of aromatic nitrogens is 2. The molecule has 1 N–H and O–H groups in total. The highest BCUT2D eigenvalue weighted by Crippen LogP contribution is 2.09. The average Bonchev–Trinajstić information content (AvgIpc) is 2.78. The molecule has 0 amide bonds. The zero-order valence-electron chi connectivity index (χ0n) is 11.5. The van der Waals surface area contributed by atoms with Crippen molar-refractivity contribution in [3.8, 4) is 0 Å². The Hall–Kier alpha value is -0.940. The molecule has 18 heavy (non-hydrogen) atoms. The minimum atomic E-state index is 0.616. The lowest BCUT2D eigenvalue weighted by molar-refractivity contribution is 0.248. The van der Waals surface area contributed by atoms with E-state index in [1.807, 2.05) is 0 Å². The number of piperidine rings is 1. The first-order valence-electron chi connectivity index (χ1n) is 7.01. The van der Waals surface area contributed by atoms with E-state index in [-0.39, 0.29) is 0 Å². The highest BCUT2D eigenvalue weighted by molar-refractivity contribution is 4.87. The van der Waals surface area contributed by atoms with E-state index in [4.69, 9.17) is 4.52 Å². The maximum absolute atomic E-state index is 5.19. The lowest BCUT2D eigenvalue weighted by atomic mass is 10.0. The fraction of sp³-hybridized carbons (Fsp3) is 0.846. The summed E-state index contributed by atoms with van der Waals surface area (Å²) in [6.07, 6.45) is 5.85. The second kappa shape index (κ2) is 6.85. The molecule has 1 aromatic heterocycles. The molecule has 2 rings (SSSR count). The summed E-state index contributed by atoms with van der Waals surface area (Å²) < 4.78 is 5.19. The van der Waals surface area contributed by atoms with Gasteiger partial charge >= 0.3 is 0 Å². The van der Waals surface area contributed by atoms with Crippen LogP contribution in [-0.2, 0) is 13.0 Å². The maximum atomic E-state index is 5.19. The molecule has 1 aromatic rings. The summed E-state index contributed by atoms with van der Waals surface area (Å²) in [7, 11) is 2.12. The Bertz CT molecular complexity index is 347. The molecular weight excluding hydrogens is 228 g/mol. The molecule has 0 aliphatic carbocycles. The van der Waals surface area contributed by atoms with Crippen molar-refractivity contribution in [2.75, 3.05) is 20.1 Å². The van der Waals surface area contributed by atoms with E-state index in [1.165, 1.54) is 19.3 Å². The summed E-state index contributed by atoms with van der Waals surface area (Å²) in [5.74, 6) is 1.56. The van der Waals surface area contributed by atoms with Crippen molar-refractivity contribution in [2.24, 2.45) is 0 Å². The van der Waals surface area contributed by atoms with Crippen molar-refractivity contribution in [3.05, 3.63) is 11.7 Å². The van der Waals surface area contributed by atoms with Crippen LogP contribution in [0.5, 0.6) is 0 Å². The highest BCUT2D eigenvalue weighted by atomic mass is 16.5. The second-order valence-electron chi connectivity index (χ2n) is 5.20. The van der Waals surface area contributed by atoms with Crippen LogP contribution in [0.1, 0.15) is 44.3 Å². The van der Waals surface area contributed by atoms with Crippen LogP contribution in [0.25, 0.3) is 0 Å². The van der Waals surface area contributed by atoms with Crippen LogP contribution in [0.4, 0.5) is 0 Å². The molecule has 0 saturated carbocycles. The minimum Gasteiger partial charge on any atom is -0.339 e. The minimum absolute atomic E-state index is 0.616. The zero-order chi connectivity index (χ0) is 12.8. The van der Waals surface area contributed by atoms with Gasteiger partial charge in [0.25, 0.3) is 0 Å². The van der Waals surface area contributed by atoms with E-state index in [2.05, 4.69) is 34.3 Å². The van der Waals surface area contributed by atoms with Crippen LogP contribution in [0.2, 0.25) is 0 Å². The monoisotopic (exact) mass is 252 g/mol. The molecule has 1 aliphatic rings. The highest BCUT2D eigenvalue weighted by Gasteiger charge is 2.16. The number of rotatable bonds is 6. The Labute approximate surface area is 109 Å². The first kappa shape index (κ1) is 13.5. The number of aryl methyl sites for hydroxylation is 1. The molecule has 0 aromatic carbocycles. The number of nitrogens with one attached hydrogen (secondary N) is 1. The van der Waals surface area contributed by atoms with Crippen molar-refractivity contribution in [1.82, 2.24) is 20.4 Å². The van der Waals surface area contributed by atoms with Crippen molar-refractivity contribution in [2.45, 2.75) is 51.6 Å². The summed E-state index contributed by atoms with van der Waals surface area (Å²) in [6.45, 7) is 5.09.